The number of nitrogen functional groups attached to an aromatic ring is 1. The maximum atomic E-state index is 12.0. The molecule has 0 spiro atoms. The van der Waals surface area contributed by atoms with Crippen molar-refractivity contribution in [2.24, 2.45) is 5.92 Å². The fourth-order valence-corrected chi connectivity index (χ4v) is 2.69. The van der Waals surface area contributed by atoms with E-state index in [2.05, 4.69) is 24.1 Å². The van der Waals surface area contributed by atoms with Gasteiger partial charge in [0, 0.05) is 24.8 Å². The van der Waals surface area contributed by atoms with Crippen molar-refractivity contribution >= 4 is 11.6 Å². The highest BCUT2D eigenvalue weighted by molar-refractivity contribution is 5.80. The molecular formula is C16H25N3O. The normalized spacial score (nSPS) is 19.4. The van der Waals surface area contributed by atoms with Crippen molar-refractivity contribution in [2.75, 3.05) is 25.4 Å². The predicted octanol–water partition coefficient (Wildman–Crippen LogP) is 1.66. The largest absolute Gasteiger partial charge is 0.398 e. The van der Waals surface area contributed by atoms with E-state index in [0.717, 1.165) is 25.2 Å². The van der Waals surface area contributed by atoms with Crippen molar-refractivity contribution in [1.29, 1.82) is 0 Å². The van der Waals surface area contributed by atoms with Gasteiger partial charge in [-0.1, -0.05) is 18.2 Å². The molecule has 3 N–H and O–H groups in total. The highest BCUT2D eigenvalue weighted by atomic mass is 16.1. The zero-order valence-corrected chi connectivity index (χ0v) is 12.4. The molecule has 1 heterocycles. The molecule has 0 aromatic heterocycles. The number of nitrogens with zero attached hydrogens (tertiary/aromatic N) is 1. The summed E-state index contributed by atoms with van der Waals surface area (Å²) in [6.45, 7) is 7.45. The van der Waals surface area contributed by atoms with Gasteiger partial charge in [0.2, 0.25) is 5.91 Å². The molecule has 0 bridgehead atoms. The number of nitrogens with two attached hydrogens (primary N) is 1. The van der Waals surface area contributed by atoms with Crippen LogP contribution in [0.25, 0.3) is 0 Å². The summed E-state index contributed by atoms with van der Waals surface area (Å²) in [6, 6.07) is 8.14. The molecule has 1 aliphatic heterocycles. The van der Waals surface area contributed by atoms with Crippen LogP contribution in [-0.4, -0.2) is 36.5 Å². The lowest BCUT2D eigenvalue weighted by Gasteiger charge is -2.20. The lowest BCUT2D eigenvalue weighted by molar-refractivity contribution is -0.120. The Morgan fingerprint density at radius 1 is 1.45 bits per heavy atom. The topological polar surface area (TPSA) is 58.4 Å². The van der Waals surface area contributed by atoms with E-state index in [9.17, 15) is 4.79 Å². The molecule has 110 valence electrons. The lowest BCUT2D eigenvalue weighted by atomic mass is 10.1. The van der Waals surface area contributed by atoms with Crippen molar-refractivity contribution in [1.82, 2.24) is 10.2 Å². The third-order valence-corrected chi connectivity index (χ3v) is 4.04. The number of para-hydroxylation sites is 1. The van der Waals surface area contributed by atoms with Crippen molar-refractivity contribution < 1.29 is 4.79 Å². The van der Waals surface area contributed by atoms with E-state index in [4.69, 9.17) is 5.73 Å². The number of likely N-dealkylation sites (tertiary alicyclic amines) is 1. The van der Waals surface area contributed by atoms with Crippen LogP contribution in [0.4, 0.5) is 5.69 Å². The zero-order chi connectivity index (χ0) is 14.5. The molecule has 1 atom stereocenters. The van der Waals surface area contributed by atoms with Crippen LogP contribution in [-0.2, 0) is 11.2 Å². The first-order chi connectivity index (χ1) is 9.56. The first-order valence-corrected chi connectivity index (χ1v) is 7.40. The predicted molar refractivity (Wildman–Crippen MR) is 82.4 cm³/mol. The SMILES string of the molecule is CC(C)N1CCC(CNC(=O)Cc2ccccc2N)C1. The smallest absolute Gasteiger partial charge is 0.224 e. The molecular weight excluding hydrogens is 250 g/mol. The third kappa shape index (κ3) is 3.97. The van der Waals surface area contributed by atoms with Gasteiger partial charge in [-0.3, -0.25) is 4.79 Å². The highest BCUT2D eigenvalue weighted by Crippen LogP contribution is 2.17. The van der Waals surface area contributed by atoms with Gasteiger partial charge in [0.05, 0.1) is 6.42 Å². The quantitative estimate of drug-likeness (QED) is 0.804. The van der Waals surface area contributed by atoms with Gasteiger partial charge in [-0.15, -0.1) is 0 Å². The summed E-state index contributed by atoms with van der Waals surface area (Å²) in [5.41, 5.74) is 7.44. The number of nitrogens with one attached hydrogen (secondary N) is 1. The Kier molecular flexibility index (Phi) is 5.01. The first kappa shape index (κ1) is 14.9. The van der Waals surface area contributed by atoms with Gasteiger partial charge in [0.25, 0.3) is 0 Å². The highest BCUT2D eigenvalue weighted by Gasteiger charge is 2.24. The minimum Gasteiger partial charge on any atom is -0.398 e. The van der Waals surface area contributed by atoms with Crippen LogP contribution in [0.3, 0.4) is 0 Å². The van der Waals surface area contributed by atoms with E-state index in [1.165, 1.54) is 6.42 Å². The molecule has 1 fully saturated rings. The van der Waals surface area contributed by atoms with E-state index >= 15 is 0 Å². The molecule has 1 aromatic carbocycles. The Balaban J connectivity index is 1.75. The molecule has 0 saturated carbocycles. The van der Waals surface area contributed by atoms with Crippen LogP contribution in [0.1, 0.15) is 25.8 Å². The number of hydrogen-bond donors (Lipinski definition) is 2. The summed E-state index contributed by atoms with van der Waals surface area (Å²) in [4.78, 5) is 14.4. The average molecular weight is 275 g/mol. The molecule has 1 saturated heterocycles. The molecule has 4 nitrogen and oxygen atoms in total. The Morgan fingerprint density at radius 2 is 2.20 bits per heavy atom. The van der Waals surface area contributed by atoms with Gasteiger partial charge >= 0.3 is 0 Å². The van der Waals surface area contributed by atoms with Crippen molar-refractivity contribution in [3.8, 4) is 0 Å². The number of carbonyl (C=O) groups is 1. The van der Waals surface area contributed by atoms with Crippen molar-refractivity contribution in [3.05, 3.63) is 29.8 Å². The minimum atomic E-state index is 0.0610. The Labute approximate surface area is 121 Å². The molecule has 1 aliphatic rings. The summed E-state index contributed by atoms with van der Waals surface area (Å²) in [5.74, 6) is 0.639. The summed E-state index contributed by atoms with van der Waals surface area (Å²) in [5, 5.41) is 3.04. The van der Waals surface area contributed by atoms with Crippen LogP contribution in [0, 0.1) is 5.92 Å². The molecule has 1 amide bonds. The van der Waals surface area contributed by atoms with Gasteiger partial charge < -0.3 is 16.0 Å². The van der Waals surface area contributed by atoms with Gasteiger partial charge in [-0.25, -0.2) is 0 Å². The van der Waals surface area contributed by atoms with Crippen molar-refractivity contribution in [2.45, 2.75) is 32.7 Å². The van der Waals surface area contributed by atoms with Gasteiger partial charge in [0.15, 0.2) is 0 Å². The molecule has 20 heavy (non-hydrogen) atoms. The number of hydrogen-bond acceptors (Lipinski definition) is 3. The summed E-state index contributed by atoms with van der Waals surface area (Å²) < 4.78 is 0. The molecule has 4 heteroatoms. The van der Waals surface area contributed by atoms with Crippen molar-refractivity contribution in [3.63, 3.8) is 0 Å². The van der Waals surface area contributed by atoms with Gasteiger partial charge in [0.1, 0.15) is 0 Å². The number of rotatable bonds is 5. The lowest BCUT2D eigenvalue weighted by Crippen LogP contribution is -2.33. The van der Waals surface area contributed by atoms with E-state index in [1.54, 1.807) is 0 Å². The zero-order valence-electron chi connectivity index (χ0n) is 12.4. The molecule has 0 radical (unpaired) electrons. The number of benzene rings is 1. The monoisotopic (exact) mass is 275 g/mol. The second-order valence-electron chi connectivity index (χ2n) is 5.92. The summed E-state index contributed by atoms with van der Waals surface area (Å²) in [7, 11) is 0. The Morgan fingerprint density at radius 3 is 2.85 bits per heavy atom. The average Bonchev–Trinajstić information content (AvgIpc) is 2.88. The van der Waals surface area contributed by atoms with Crippen LogP contribution < -0.4 is 11.1 Å². The van der Waals surface area contributed by atoms with Crippen LogP contribution in [0.2, 0.25) is 0 Å². The maximum absolute atomic E-state index is 12.0. The van der Waals surface area contributed by atoms with Gasteiger partial charge in [-0.05, 0) is 44.4 Å². The van der Waals surface area contributed by atoms with Crippen LogP contribution >= 0.6 is 0 Å². The summed E-state index contributed by atoms with van der Waals surface area (Å²) in [6.07, 6.45) is 1.54. The number of amides is 1. The Hall–Kier alpha value is -1.55. The van der Waals surface area contributed by atoms with E-state index < -0.39 is 0 Å². The molecule has 1 aromatic rings. The molecule has 0 aliphatic carbocycles. The maximum Gasteiger partial charge on any atom is 0.224 e. The van der Waals surface area contributed by atoms with Crippen LogP contribution in [0.15, 0.2) is 24.3 Å². The fraction of sp³-hybridized carbons (Fsp3) is 0.562. The van der Waals surface area contributed by atoms with Crippen LogP contribution in [0.5, 0.6) is 0 Å². The standard InChI is InChI=1S/C16H25N3O/c1-12(2)19-8-7-13(11-19)10-18-16(20)9-14-5-3-4-6-15(14)17/h3-6,12-13H,7-11,17H2,1-2H3,(H,18,20). The van der Waals surface area contributed by atoms with E-state index in [1.807, 2.05) is 24.3 Å². The number of carbonyl (C=O) groups excluding carboxylic acids is 1. The third-order valence-electron chi connectivity index (χ3n) is 4.04. The van der Waals surface area contributed by atoms with E-state index in [0.29, 0.717) is 24.1 Å². The molecule has 1 unspecified atom stereocenters. The molecule has 2 rings (SSSR count). The first-order valence-electron chi connectivity index (χ1n) is 7.40. The second kappa shape index (κ2) is 6.75. The minimum absolute atomic E-state index is 0.0610. The second-order valence-corrected chi connectivity index (χ2v) is 5.92. The van der Waals surface area contributed by atoms with Gasteiger partial charge in [-0.2, -0.15) is 0 Å². The summed E-state index contributed by atoms with van der Waals surface area (Å²) >= 11 is 0. The van der Waals surface area contributed by atoms with E-state index in [-0.39, 0.29) is 5.91 Å². The Bertz CT molecular complexity index is 459. The fourth-order valence-electron chi connectivity index (χ4n) is 2.69. The number of anilines is 1.